The predicted molar refractivity (Wildman–Crippen MR) is 153 cm³/mol. The third-order valence-corrected chi connectivity index (χ3v) is 10.1. The first-order chi connectivity index (χ1) is 19.6. The van der Waals surface area contributed by atoms with Crippen molar-refractivity contribution in [1.82, 2.24) is 3.97 Å². The zero-order valence-electron chi connectivity index (χ0n) is 23.0. The highest BCUT2D eigenvalue weighted by Gasteiger charge is 2.37. The summed E-state index contributed by atoms with van der Waals surface area (Å²) in [5.74, 6) is -1.31. The molecular weight excluding hydrogens is 545 g/mol. The fourth-order valence-corrected chi connectivity index (χ4v) is 7.18. The maximum absolute atomic E-state index is 15.7. The van der Waals surface area contributed by atoms with Crippen molar-refractivity contribution in [2.45, 2.75) is 62.0 Å². The lowest BCUT2D eigenvalue weighted by Crippen LogP contribution is -2.33. The van der Waals surface area contributed by atoms with Crippen molar-refractivity contribution in [2.75, 3.05) is 13.2 Å². The number of aryl methyl sites for hydroxylation is 1. The Hall–Kier alpha value is -3.53. The van der Waals surface area contributed by atoms with E-state index in [1.54, 1.807) is 37.3 Å². The minimum absolute atomic E-state index is 0.0904. The zero-order chi connectivity index (χ0) is 28.9. The molecule has 1 N–H and O–H groups in total. The summed E-state index contributed by atoms with van der Waals surface area (Å²) in [6, 6.07) is 16.6. The van der Waals surface area contributed by atoms with E-state index >= 15 is 4.39 Å². The van der Waals surface area contributed by atoms with Gasteiger partial charge in [-0.05, 0) is 80.5 Å². The lowest BCUT2D eigenvalue weighted by Gasteiger charge is -2.37. The second-order valence-electron chi connectivity index (χ2n) is 11.0. The Labute approximate surface area is 238 Å². The first-order valence-electron chi connectivity index (χ1n) is 13.9. The van der Waals surface area contributed by atoms with Gasteiger partial charge in [-0.1, -0.05) is 42.0 Å². The van der Waals surface area contributed by atoms with Gasteiger partial charge in [-0.2, -0.15) is 0 Å². The molecule has 0 bridgehead atoms. The van der Waals surface area contributed by atoms with Gasteiger partial charge >= 0.3 is 5.97 Å². The molecular formula is C32H32FNO6S. The van der Waals surface area contributed by atoms with Crippen LogP contribution in [-0.2, 0) is 29.9 Å². The van der Waals surface area contributed by atoms with E-state index in [1.807, 2.05) is 19.1 Å². The Morgan fingerprint density at radius 1 is 1.12 bits per heavy atom. The van der Waals surface area contributed by atoms with Gasteiger partial charge < -0.3 is 14.6 Å². The molecule has 9 heteroatoms. The summed E-state index contributed by atoms with van der Waals surface area (Å²) >= 11 is 0. The molecule has 1 aliphatic carbocycles. The average molecular weight is 578 g/mol. The summed E-state index contributed by atoms with van der Waals surface area (Å²) in [5.41, 5.74) is 2.69. The van der Waals surface area contributed by atoms with Gasteiger partial charge in [0.1, 0.15) is 5.82 Å². The molecule has 1 aliphatic heterocycles. The van der Waals surface area contributed by atoms with Gasteiger partial charge in [-0.15, -0.1) is 0 Å². The van der Waals surface area contributed by atoms with Gasteiger partial charge in [0.25, 0.3) is 10.0 Å². The van der Waals surface area contributed by atoms with Crippen LogP contribution in [0.4, 0.5) is 4.39 Å². The molecule has 2 heterocycles. The Morgan fingerprint density at radius 2 is 1.83 bits per heavy atom. The van der Waals surface area contributed by atoms with Crippen LogP contribution >= 0.6 is 0 Å². The number of hydrogen-bond donors (Lipinski definition) is 1. The van der Waals surface area contributed by atoms with Crippen molar-refractivity contribution < 1.29 is 32.2 Å². The number of ether oxygens (including phenoxy) is 2. The molecule has 2 unspecified atom stereocenters. The fourth-order valence-electron chi connectivity index (χ4n) is 5.81. The van der Waals surface area contributed by atoms with E-state index in [9.17, 15) is 18.3 Å². The molecule has 4 aromatic rings. The highest BCUT2D eigenvalue weighted by molar-refractivity contribution is 7.90. The number of nitrogens with zero attached hydrogens (tertiary/aromatic N) is 1. The summed E-state index contributed by atoms with van der Waals surface area (Å²) in [4.78, 5) is 12.4. The lowest BCUT2D eigenvalue weighted by atomic mass is 9.75. The molecule has 41 heavy (non-hydrogen) atoms. The van der Waals surface area contributed by atoms with Gasteiger partial charge in [0, 0.05) is 23.1 Å². The van der Waals surface area contributed by atoms with Crippen molar-refractivity contribution in [3.05, 3.63) is 89.4 Å². The quantitative estimate of drug-likeness (QED) is 0.279. The van der Waals surface area contributed by atoms with E-state index in [0.29, 0.717) is 41.3 Å². The predicted octanol–water partition coefficient (Wildman–Crippen LogP) is 5.80. The van der Waals surface area contributed by atoms with E-state index in [1.165, 1.54) is 24.4 Å². The first kappa shape index (κ1) is 27.6. The highest BCUT2D eigenvalue weighted by Crippen LogP contribution is 2.43. The Morgan fingerprint density at radius 3 is 2.46 bits per heavy atom. The number of fused-ring (bicyclic) bond motifs is 1. The molecule has 7 nitrogen and oxygen atoms in total. The summed E-state index contributed by atoms with van der Waals surface area (Å²) < 4.78 is 55.3. The first-order valence-corrected chi connectivity index (χ1v) is 15.3. The fraction of sp³-hybridized carbons (Fsp3) is 0.344. The van der Waals surface area contributed by atoms with Crippen molar-refractivity contribution in [1.29, 1.82) is 0 Å². The summed E-state index contributed by atoms with van der Waals surface area (Å²) in [5, 5.41) is 11.3. The summed E-state index contributed by atoms with van der Waals surface area (Å²) in [6.45, 7) is 4.03. The van der Waals surface area contributed by atoms with Crippen LogP contribution in [0.2, 0.25) is 0 Å². The van der Waals surface area contributed by atoms with Gasteiger partial charge in [-0.25, -0.2) is 21.6 Å². The van der Waals surface area contributed by atoms with Gasteiger partial charge in [0.15, 0.2) is 6.10 Å². The molecule has 0 spiro atoms. The monoisotopic (exact) mass is 577 g/mol. The minimum atomic E-state index is -4.05. The number of hydrogen-bond acceptors (Lipinski definition) is 6. The molecule has 2 aliphatic rings. The molecule has 3 aromatic carbocycles. The van der Waals surface area contributed by atoms with E-state index in [2.05, 4.69) is 0 Å². The molecule has 1 saturated heterocycles. The molecule has 6 rings (SSSR count). The van der Waals surface area contributed by atoms with Crippen LogP contribution in [0.15, 0.2) is 71.8 Å². The molecule has 1 aromatic heterocycles. The third kappa shape index (κ3) is 4.86. The molecule has 2 fully saturated rings. The molecule has 0 amide bonds. The standard InChI is InChI=1S/C32H32FNO6S/c1-3-39-31(35)30-15-22(19-40-30)27-18-34(41(37,38)24-11-5-20(2)6-12-24)29-17-28(33)25(16-26(27)29)21-7-9-23(10-8-21)32(36)13-4-14-32/h5-12,16-18,22,30,36H,3-4,13-15,19H2,1-2H3. The van der Waals surface area contributed by atoms with Gasteiger partial charge in [-0.3, -0.25) is 0 Å². The number of aliphatic hydroxyl groups is 1. The van der Waals surface area contributed by atoms with Crippen LogP contribution in [0.1, 0.15) is 55.2 Å². The topological polar surface area (TPSA) is 94.8 Å². The smallest absolute Gasteiger partial charge is 0.335 e. The van der Waals surface area contributed by atoms with Crippen LogP contribution in [0.5, 0.6) is 0 Å². The van der Waals surface area contributed by atoms with E-state index in [4.69, 9.17) is 9.47 Å². The number of halogens is 1. The van der Waals surface area contributed by atoms with E-state index in [0.717, 1.165) is 21.5 Å². The van der Waals surface area contributed by atoms with Crippen molar-refractivity contribution in [2.24, 2.45) is 0 Å². The average Bonchev–Trinajstić information content (AvgIpc) is 3.57. The van der Waals surface area contributed by atoms with Crippen LogP contribution in [0, 0.1) is 12.7 Å². The number of aromatic nitrogens is 1. The molecule has 0 radical (unpaired) electrons. The number of benzene rings is 3. The molecule has 214 valence electrons. The van der Waals surface area contributed by atoms with Crippen molar-refractivity contribution in [3.63, 3.8) is 0 Å². The van der Waals surface area contributed by atoms with Crippen LogP contribution in [0.25, 0.3) is 22.0 Å². The third-order valence-electron chi connectivity index (χ3n) is 8.37. The second kappa shape index (κ2) is 10.4. The number of rotatable bonds is 7. The summed E-state index contributed by atoms with van der Waals surface area (Å²) in [6.07, 6.45) is 3.47. The van der Waals surface area contributed by atoms with Crippen molar-refractivity contribution >= 4 is 26.9 Å². The maximum atomic E-state index is 15.7. The normalized spacial score (nSPS) is 20.2. The number of carbonyl (C=O) groups is 1. The Bertz CT molecular complexity index is 1720. The molecule has 2 atom stereocenters. The Kier molecular flexibility index (Phi) is 7.00. The van der Waals surface area contributed by atoms with Crippen LogP contribution < -0.4 is 0 Å². The SMILES string of the molecule is CCOC(=O)C1CC(c2cn(S(=O)(=O)c3ccc(C)cc3)c3cc(F)c(-c4ccc(C5(O)CCC5)cc4)cc23)CO1. The van der Waals surface area contributed by atoms with Crippen LogP contribution in [-0.4, -0.2) is 42.8 Å². The largest absolute Gasteiger partial charge is 0.464 e. The van der Waals surface area contributed by atoms with E-state index in [-0.39, 0.29) is 29.5 Å². The van der Waals surface area contributed by atoms with Crippen LogP contribution in [0.3, 0.4) is 0 Å². The number of esters is 1. The van der Waals surface area contributed by atoms with Crippen molar-refractivity contribution in [3.8, 4) is 11.1 Å². The zero-order valence-corrected chi connectivity index (χ0v) is 23.8. The molecule has 1 saturated carbocycles. The highest BCUT2D eigenvalue weighted by atomic mass is 32.2. The number of carbonyl (C=O) groups excluding carboxylic acids is 1. The summed E-state index contributed by atoms with van der Waals surface area (Å²) in [7, 11) is -4.05. The van der Waals surface area contributed by atoms with Gasteiger partial charge in [0.2, 0.25) is 0 Å². The van der Waals surface area contributed by atoms with Gasteiger partial charge in [0.05, 0.1) is 29.2 Å². The maximum Gasteiger partial charge on any atom is 0.335 e. The second-order valence-corrected chi connectivity index (χ2v) is 12.8. The Balaban J connectivity index is 1.47. The minimum Gasteiger partial charge on any atom is -0.464 e. The lowest BCUT2D eigenvalue weighted by molar-refractivity contribution is -0.153. The van der Waals surface area contributed by atoms with E-state index < -0.39 is 33.5 Å².